The minimum absolute atomic E-state index is 0.169. The molecule has 0 aromatic rings. The molecule has 0 atom stereocenters. The second-order valence-electron chi connectivity index (χ2n) is 1.71. The summed E-state index contributed by atoms with van der Waals surface area (Å²) in [6.45, 7) is 2.23. The van der Waals surface area contributed by atoms with Crippen LogP contribution in [0.25, 0.3) is 0 Å². The van der Waals surface area contributed by atoms with Crippen molar-refractivity contribution in [2.75, 3.05) is 6.61 Å². The highest BCUT2D eigenvalue weighted by Crippen LogP contribution is 1.94. The summed E-state index contributed by atoms with van der Waals surface area (Å²) in [5.41, 5.74) is 1.40. The molecule has 0 aliphatic rings. The van der Waals surface area contributed by atoms with E-state index in [1.165, 1.54) is 5.54 Å². The average Bonchev–Trinajstić information content (AvgIpc) is 1.89. The first-order valence-electron chi connectivity index (χ1n) is 3.22. The molecule has 0 spiro atoms. The zero-order valence-electron chi connectivity index (χ0n) is 5.97. The van der Waals surface area contributed by atoms with Crippen LogP contribution in [-0.2, 0) is 9.53 Å². The zero-order chi connectivity index (χ0) is 7.82. The Morgan fingerprint density at radius 1 is 1.70 bits per heavy atom. The largest absolute Gasteiger partial charge is 0.466 e. The minimum atomic E-state index is -0.169. The van der Waals surface area contributed by atoms with Gasteiger partial charge in [0.15, 0.2) is 0 Å². The lowest BCUT2D eigenvalue weighted by atomic mass is 10.3. The number of hydrogen-bond acceptors (Lipinski definition) is 2. The average molecular weight is 163 g/mol. The summed E-state index contributed by atoms with van der Waals surface area (Å²) in [7, 11) is 0. The van der Waals surface area contributed by atoms with Crippen LogP contribution in [-0.4, -0.2) is 12.6 Å². The van der Waals surface area contributed by atoms with Crippen molar-refractivity contribution in [3.63, 3.8) is 0 Å². The van der Waals surface area contributed by atoms with Crippen LogP contribution in [0.2, 0.25) is 0 Å². The van der Waals surface area contributed by atoms with E-state index in [9.17, 15) is 4.79 Å². The fraction of sp³-hybridized carbons (Fsp3) is 0.571. The van der Waals surface area contributed by atoms with Gasteiger partial charge in [-0.2, -0.15) is 0 Å². The number of ether oxygens (including phenoxy) is 1. The van der Waals surface area contributed by atoms with Gasteiger partial charge in [-0.15, -0.1) is 0 Å². The molecule has 0 N–H and O–H groups in total. The molecule has 0 rings (SSSR count). The van der Waals surface area contributed by atoms with E-state index >= 15 is 0 Å². The summed E-state index contributed by atoms with van der Waals surface area (Å²) in [5.74, 6) is -0.169. The van der Waals surface area contributed by atoms with Crippen LogP contribution in [0, 0.1) is 0 Å². The van der Waals surface area contributed by atoms with Crippen LogP contribution in [0.4, 0.5) is 0 Å². The Bertz CT molecular complexity index is 121. The van der Waals surface area contributed by atoms with Crippen molar-refractivity contribution in [3.8, 4) is 0 Å². The molecule has 0 aromatic heterocycles. The van der Waals surface area contributed by atoms with E-state index in [0.717, 1.165) is 0 Å². The van der Waals surface area contributed by atoms with Crippen LogP contribution in [0.3, 0.4) is 0 Å². The Morgan fingerprint density at radius 3 is 2.90 bits per heavy atom. The van der Waals surface area contributed by atoms with Crippen molar-refractivity contribution in [1.29, 1.82) is 0 Å². The molecule has 0 saturated heterocycles. The number of halogens is 1. The number of hydrogen-bond donors (Lipinski definition) is 0. The summed E-state index contributed by atoms with van der Waals surface area (Å²) >= 11 is 5.23. The fourth-order valence-electron chi connectivity index (χ4n) is 0.497. The van der Waals surface area contributed by atoms with E-state index in [1.54, 1.807) is 13.0 Å². The molecule has 0 amide bonds. The summed E-state index contributed by atoms with van der Waals surface area (Å²) in [6, 6.07) is 0. The molecule has 0 heterocycles. The third-order valence-corrected chi connectivity index (χ3v) is 1.09. The van der Waals surface area contributed by atoms with Gasteiger partial charge in [0.25, 0.3) is 0 Å². The van der Waals surface area contributed by atoms with Crippen molar-refractivity contribution in [2.24, 2.45) is 0 Å². The van der Waals surface area contributed by atoms with Gasteiger partial charge in [-0.25, -0.2) is 0 Å². The predicted octanol–water partition coefficient (Wildman–Crippen LogP) is 2.08. The first-order valence-corrected chi connectivity index (χ1v) is 3.65. The van der Waals surface area contributed by atoms with Crippen molar-refractivity contribution < 1.29 is 9.53 Å². The van der Waals surface area contributed by atoms with Crippen LogP contribution in [0.1, 0.15) is 19.8 Å². The highest BCUT2D eigenvalue weighted by atomic mass is 35.5. The summed E-state index contributed by atoms with van der Waals surface area (Å²) in [5, 5.41) is 0. The Kier molecular flexibility index (Phi) is 6.29. The Hall–Kier alpha value is -0.500. The van der Waals surface area contributed by atoms with Crippen molar-refractivity contribution in [3.05, 3.63) is 11.6 Å². The maximum absolute atomic E-state index is 10.6. The molecule has 10 heavy (non-hydrogen) atoms. The molecule has 0 aliphatic carbocycles. The molecular weight excluding hydrogens is 152 g/mol. The lowest BCUT2D eigenvalue weighted by Gasteiger charge is -1.97. The first-order chi connectivity index (χ1) is 4.81. The predicted molar refractivity (Wildman–Crippen MR) is 40.9 cm³/mol. The van der Waals surface area contributed by atoms with Gasteiger partial charge >= 0.3 is 5.97 Å². The Labute approximate surface area is 65.8 Å². The number of esters is 1. The van der Waals surface area contributed by atoms with Gasteiger partial charge in [0, 0.05) is 12.0 Å². The van der Waals surface area contributed by atoms with Crippen molar-refractivity contribution in [2.45, 2.75) is 19.8 Å². The van der Waals surface area contributed by atoms with Crippen LogP contribution >= 0.6 is 11.6 Å². The summed E-state index contributed by atoms with van der Waals surface area (Å²) < 4.78 is 4.67. The number of rotatable bonds is 4. The highest BCUT2D eigenvalue weighted by Gasteiger charge is 1.96. The normalized spacial score (nSPS) is 10.2. The minimum Gasteiger partial charge on any atom is -0.466 e. The third kappa shape index (κ3) is 5.63. The van der Waals surface area contributed by atoms with E-state index in [-0.39, 0.29) is 5.97 Å². The first kappa shape index (κ1) is 9.50. The smallest absolute Gasteiger partial charge is 0.306 e. The second kappa shape index (κ2) is 6.62. The maximum atomic E-state index is 10.6. The topological polar surface area (TPSA) is 26.3 Å². The lowest BCUT2D eigenvalue weighted by molar-refractivity contribution is -0.142. The van der Waals surface area contributed by atoms with E-state index in [4.69, 9.17) is 11.6 Å². The maximum Gasteiger partial charge on any atom is 0.306 e. The number of allylic oxidation sites excluding steroid dienone is 1. The van der Waals surface area contributed by atoms with Gasteiger partial charge in [0.1, 0.15) is 0 Å². The van der Waals surface area contributed by atoms with Gasteiger partial charge in [-0.05, 0) is 13.3 Å². The molecule has 0 unspecified atom stereocenters. The van der Waals surface area contributed by atoms with Crippen LogP contribution < -0.4 is 0 Å². The van der Waals surface area contributed by atoms with Crippen LogP contribution in [0.5, 0.6) is 0 Å². The van der Waals surface area contributed by atoms with Gasteiger partial charge in [-0.1, -0.05) is 17.7 Å². The monoisotopic (exact) mass is 162 g/mol. The van der Waals surface area contributed by atoms with Crippen LogP contribution in [0.15, 0.2) is 11.6 Å². The second-order valence-corrected chi connectivity index (χ2v) is 1.96. The highest BCUT2D eigenvalue weighted by molar-refractivity contribution is 6.25. The van der Waals surface area contributed by atoms with E-state index < -0.39 is 0 Å². The standard InChI is InChI=1S/C7H11ClO2/c1-2-10-7(9)5-3-4-6-8/h4,6H,2-3,5H2,1H3/b6-4+. The van der Waals surface area contributed by atoms with Gasteiger partial charge in [0.05, 0.1) is 6.61 Å². The van der Waals surface area contributed by atoms with Crippen molar-refractivity contribution in [1.82, 2.24) is 0 Å². The Morgan fingerprint density at radius 2 is 2.40 bits per heavy atom. The van der Waals surface area contributed by atoms with Gasteiger partial charge in [-0.3, -0.25) is 4.79 Å². The number of carbonyl (C=O) groups is 1. The molecule has 0 saturated carbocycles. The van der Waals surface area contributed by atoms with Gasteiger partial charge < -0.3 is 4.74 Å². The molecule has 0 fully saturated rings. The molecule has 0 bridgehead atoms. The molecule has 3 heteroatoms. The summed E-state index contributed by atoms with van der Waals surface area (Å²) in [6.07, 6.45) is 2.79. The molecule has 0 radical (unpaired) electrons. The quantitative estimate of drug-likeness (QED) is 0.592. The third-order valence-electron chi connectivity index (χ3n) is 0.910. The fourth-order valence-corrected chi connectivity index (χ4v) is 0.623. The zero-order valence-corrected chi connectivity index (χ0v) is 6.73. The molecular formula is C7H11ClO2. The van der Waals surface area contributed by atoms with E-state index in [0.29, 0.717) is 19.4 Å². The molecule has 2 nitrogen and oxygen atoms in total. The van der Waals surface area contributed by atoms with Crippen molar-refractivity contribution >= 4 is 17.6 Å². The molecule has 58 valence electrons. The van der Waals surface area contributed by atoms with E-state index in [1.807, 2.05) is 0 Å². The summed E-state index contributed by atoms with van der Waals surface area (Å²) in [4.78, 5) is 10.6. The van der Waals surface area contributed by atoms with E-state index in [2.05, 4.69) is 4.74 Å². The molecule has 0 aliphatic heterocycles. The molecule has 0 aromatic carbocycles. The Balaban J connectivity index is 3.21. The lowest BCUT2D eigenvalue weighted by Crippen LogP contribution is -2.02. The SMILES string of the molecule is CCOC(=O)CC/C=C/Cl. The van der Waals surface area contributed by atoms with Gasteiger partial charge in [0.2, 0.25) is 0 Å². The number of carbonyl (C=O) groups excluding carboxylic acids is 1.